The fourth-order valence-electron chi connectivity index (χ4n) is 2.98. The zero-order valence-electron chi connectivity index (χ0n) is 17.8. The van der Waals surface area contributed by atoms with Gasteiger partial charge in [-0.05, 0) is 57.2 Å². The molecule has 2 aromatic carbocycles. The Hall–Kier alpha value is -2.55. The quantitative estimate of drug-likeness (QED) is 0.539. The predicted octanol–water partition coefficient (Wildman–Crippen LogP) is 5.20. The SMILES string of the molecule is CC(C)(C)OC(=O)N1C(=O)/C(=C/c2cc(Cl)ccc2OCS(C)(=O)=O)c2ccc(Cl)cc21. The largest absolute Gasteiger partial charge is 0.477 e. The van der Waals surface area contributed by atoms with Crippen LogP contribution in [0, 0.1) is 0 Å². The van der Waals surface area contributed by atoms with Crippen LogP contribution in [-0.4, -0.2) is 38.2 Å². The first-order chi connectivity index (χ1) is 14.7. The van der Waals surface area contributed by atoms with Crippen LogP contribution in [-0.2, 0) is 19.4 Å². The predicted molar refractivity (Wildman–Crippen MR) is 125 cm³/mol. The third-order valence-electron chi connectivity index (χ3n) is 4.20. The van der Waals surface area contributed by atoms with Gasteiger partial charge < -0.3 is 9.47 Å². The number of sulfone groups is 1. The summed E-state index contributed by atoms with van der Waals surface area (Å²) >= 11 is 12.2. The van der Waals surface area contributed by atoms with Crippen LogP contribution >= 0.6 is 23.2 Å². The summed E-state index contributed by atoms with van der Waals surface area (Å²) in [4.78, 5) is 27.0. The van der Waals surface area contributed by atoms with Crippen molar-refractivity contribution in [3.8, 4) is 5.75 Å². The molecule has 3 rings (SSSR count). The van der Waals surface area contributed by atoms with Gasteiger partial charge in [-0.15, -0.1) is 0 Å². The Morgan fingerprint density at radius 1 is 1.09 bits per heavy atom. The third kappa shape index (κ3) is 5.62. The summed E-state index contributed by atoms with van der Waals surface area (Å²) in [5, 5.41) is 0.695. The molecule has 1 aliphatic rings. The Bertz CT molecular complexity index is 1230. The molecule has 0 aliphatic carbocycles. The Morgan fingerprint density at radius 3 is 2.34 bits per heavy atom. The van der Waals surface area contributed by atoms with Crippen molar-refractivity contribution in [2.75, 3.05) is 17.1 Å². The average molecular weight is 498 g/mol. The number of hydrogen-bond donors (Lipinski definition) is 0. The van der Waals surface area contributed by atoms with Gasteiger partial charge in [0.25, 0.3) is 5.91 Å². The first-order valence-corrected chi connectivity index (χ1v) is 12.3. The zero-order chi connectivity index (χ0) is 23.8. The monoisotopic (exact) mass is 497 g/mol. The molecule has 170 valence electrons. The molecule has 0 fully saturated rings. The van der Waals surface area contributed by atoms with Crippen molar-refractivity contribution >= 4 is 62.4 Å². The van der Waals surface area contributed by atoms with Crippen LogP contribution in [0.3, 0.4) is 0 Å². The molecular formula is C22H21Cl2NO6S. The highest BCUT2D eigenvalue weighted by molar-refractivity contribution is 7.90. The minimum absolute atomic E-state index is 0.175. The maximum absolute atomic E-state index is 13.3. The lowest BCUT2D eigenvalue weighted by atomic mass is 10.0. The van der Waals surface area contributed by atoms with Crippen LogP contribution in [0.2, 0.25) is 10.0 Å². The van der Waals surface area contributed by atoms with E-state index in [9.17, 15) is 18.0 Å². The normalized spacial score (nSPS) is 15.1. The minimum Gasteiger partial charge on any atom is -0.477 e. The van der Waals surface area contributed by atoms with Gasteiger partial charge in [-0.2, -0.15) is 0 Å². The second kappa shape index (κ2) is 8.77. The van der Waals surface area contributed by atoms with Crippen LogP contribution in [0.5, 0.6) is 5.75 Å². The summed E-state index contributed by atoms with van der Waals surface area (Å²) in [5.74, 6) is -0.952. The van der Waals surface area contributed by atoms with Gasteiger partial charge in [0.2, 0.25) is 0 Å². The molecule has 0 saturated carbocycles. The highest BCUT2D eigenvalue weighted by Gasteiger charge is 2.39. The van der Waals surface area contributed by atoms with E-state index >= 15 is 0 Å². The Kier molecular flexibility index (Phi) is 6.60. The summed E-state index contributed by atoms with van der Waals surface area (Å²) in [5.41, 5.74) is 0.468. The van der Waals surface area contributed by atoms with Gasteiger partial charge in [0.15, 0.2) is 15.8 Å². The van der Waals surface area contributed by atoms with Gasteiger partial charge in [-0.3, -0.25) is 4.79 Å². The summed E-state index contributed by atoms with van der Waals surface area (Å²) < 4.78 is 33.8. The van der Waals surface area contributed by atoms with Crippen molar-refractivity contribution in [1.29, 1.82) is 0 Å². The number of anilines is 1. The van der Waals surface area contributed by atoms with Gasteiger partial charge in [0, 0.05) is 27.4 Å². The van der Waals surface area contributed by atoms with Crippen molar-refractivity contribution in [2.45, 2.75) is 26.4 Å². The van der Waals surface area contributed by atoms with E-state index in [1.165, 1.54) is 24.3 Å². The lowest BCUT2D eigenvalue weighted by Gasteiger charge is -2.23. The second-order valence-electron chi connectivity index (χ2n) is 8.21. The van der Waals surface area contributed by atoms with Gasteiger partial charge >= 0.3 is 6.09 Å². The molecule has 1 heterocycles. The lowest BCUT2D eigenvalue weighted by Crippen LogP contribution is -2.38. The number of nitrogens with zero attached hydrogens (tertiary/aromatic N) is 1. The van der Waals surface area contributed by atoms with Crippen LogP contribution in [0.15, 0.2) is 36.4 Å². The number of halogens is 2. The molecule has 1 aliphatic heterocycles. The molecule has 7 nitrogen and oxygen atoms in total. The van der Waals surface area contributed by atoms with E-state index in [4.69, 9.17) is 32.7 Å². The Balaban J connectivity index is 2.10. The lowest BCUT2D eigenvalue weighted by molar-refractivity contribution is -0.112. The third-order valence-corrected chi connectivity index (χ3v) is 5.22. The molecule has 0 aromatic heterocycles. The van der Waals surface area contributed by atoms with Gasteiger partial charge in [0.1, 0.15) is 11.4 Å². The number of imide groups is 1. The van der Waals surface area contributed by atoms with Gasteiger partial charge in [0.05, 0.1) is 11.3 Å². The number of benzene rings is 2. The fraction of sp³-hybridized carbons (Fsp3) is 0.273. The summed E-state index contributed by atoms with van der Waals surface area (Å²) in [6.07, 6.45) is 1.69. The van der Waals surface area contributed by atoms with Crippen molar-refractivity contribution in [3.63, 3.8) is 0 Å². The first-order valence-electron chi connectivity index (χ1n) is 9.44. The Labute approximate surface area is 196 Å². The molecule has 0 radical (unpaired) electrons. The molecule has 32 heavy (non-hydrogen) atoms. The number of carbonyl (C=O) groups excluding carboxylic acids is 2. The molecule has 0 atom stereocenters. The van der Waals surface area contributed by atoms with E-state index in [2.05, 4.69) is 0 Å². The van der Waals surface area contributed by atoms with Crippen molar-refractivity contribution in [2.24, 2.45) is 0 Å². The van der Waals surface area contributed by atoms with Crippen molar-refractivity contribution in [3.05, 3.63) is 57.6 Å². The van der Waals surface area contributed by atoms with E-state index in [0.717, 1.165) is 11.2 Å². The summed E-state index contributed by atoms with van der Waals surface area (Å²) in [6, 6.07) is 9.29. The molecule has 0 spiro atoms. The molecule has 0 unspecified atom stereocenters. The van der Waals surface area contributed by atoms with Crippen LogP contribution in [0.1, 0.15) is 31.9 Å². The maximum Gasteiger partial charge on any atom is 0.422 e. The number of amides is 2. The number of rotatable bonds is 4. The smallest absolute Gasteiger partial charge is 0.422 e. The molecule has 0 saturated heterocycles. The number of ether oxygens (including phenoxy) is 2. The van der Waals surface area contributed by atoms with Crippen molar-refractivity contribution in [1.82, 2.24) is 0 Å². The van der Waals surface area contributed by atoms with Crippen LogP contribution < -0.4 is 9.64 Å². The molecule has 10 heteroatoms. The average Bonchev–Trinajstić information content (AvgIpc) is 2.90. The van der Waals surface area contributed by atoms with E-state index in [1.807, 2.05) is 0 Å². The molecule has 0 bridgehead atoms. The Morgan fingerprint density at radius 2 is 1.72 bits per heavy atom. The van der Waals surface area contributed by atoms with E-state index < -0.39 is 33.4 Å². The minimum atomic E-state index is -3.40. The summed E-state index contributed by atoms with van der Waals surface area (Å²) in [6.45, 7) is 5.08. The van der Waals surface area contributed by atoms with Crippen LogP contribution in [0.25, 0.3) is 11.6 Å². The first kappa shape index (κ1) is 24.1. The molecule has 0 N–H and O–H groups in total. The number of hydrogen-bond acceptors (Lipinski definition) is 6. The molecular weight excluding hydrogens is 477 g/mol. The highest BCUT2D eigenvalue weighted by atomic mass is 35.5. The maximum atomic E-state index is 13.3. The van der Waals surface area contributed by atoms with Crippen molar-refractivity contribution < 1.29 is 27.5 Å². The van der Waals surface area contributed by atoms with Gasteiger partial charge in [-0.1, -0.05) is 29.3 Å². The van der Waals surface area contributed by atoms with E-state index in [-0.39, 0.29) is 17.0 Å². The highest BCUT2D eigenvalue weighted by Crippen LogP contribution is 2.41. The zero-order valence-corrected chi connectivity index (χ0v) is 20.1. The van der Waals surface area contributed by atoms with E-state index in [1.54, 1.807) is 39.0 Å². The standard InChI is InChI=1S/C22H21Cl2NO6S/c1-22(2,3)31-21(27)25-18-11-15(24)5-7-16(18)17(20(25)26)10-13-9-14(23)6-8-19(13)30-12-32(4,28)29/h5-11H,12H2,1-4H3/b17-10+. The van der Waals surface area contributed by atoms with E-state index in [0.29, 0.717) is 21.2 Å². The second-order valence-corrected chi connectivity index (χ2v) is 11.2. The molecule has 2 amide bonds. The van der Waals surface area contributed by atoms with Crippen LogP contribution in [0.4, 0.5) is 10.5 Å². The fourth-order valence-corrected chi connectivity index (χ4v) is 3.67. The van der Waals surface area contributed by atoms with Gasteiger partial charge in [-0.25, -0.2) is 18.1 Å². The molecule has 2 aromatic rings. The number of fused-ring (bicyclic) bond motifs is 1. The topological polar surface area (TPSA) is 90.0 Å². The number of carbonyl (C=O) groups is 2. The summed E-state index contributed by atoms with van der Waals surface area (Å²) in [7, 11) is -3.40.